The van der Waals surface area contributed by atoms with E-state index >= 15 is 0 Å². The molecule has 0 heterocycles. The van der Waals surface area contributed by atoms with Crippen LogP contribution in [-0.2, 0) is 14.3 Å². The number of nitrogens with one attached hydrogen (secondary N) is 1. The summed E-state index contributed by atoms with van der Waals surface area (Å²) in [5.41, 5.74) is 0.453. The summed E-state index contributed by atoms with van der Waals surface area (Å²) < 4.78 is 12.2. The van der Waals surface area contributed by atoms with Crippen molar-refractivity contribution in [3.8, 4) is 0 Å². The largest absolute Gasteiger partial charge is 0.468 e. The Kier molecular flexibility index (Phi) is 5.67. The van der Waals surface area contributed by atoms with Crippen LogP contribution in [0.4, 0.5) is 0 Å². The van der Waals surface area contributed by atoms with Gasteiger partial charge in [0, 0.05) is 4.90 Å². The fourth-order valence-corrected chi connectivity index (χ4v) is 2.02. The van der Waals surface area contributed by atoms with Crippen LogP contribution in [0.15, 0.2) is 29.2 Å². The first-order valence-electron chi connectivity index (χ1n) is 5.27. The van der Waals surface area contributed by atoms with Gasteiger partial charge in [-0.3, -0.25) is 4.79 Å². The lowest BCUT2D eigenvalue weighted by atomic mass is 10.2. The number of ether oxygens (including phenoxy) is 2. The minimum absolute atomic E-state index is 0.363. The number of benzene rings is 1. The van der Waals surface area contributed by atoms with Crippen molar-refractivity contribution in [1.29, 1.82) is 0 Å². The lowest BCUT2D eigenvalue weighted by Gasteiger charge is -2.12. The maximum Gasteiger partial charge on any atom is 0.339 e. The molecule has 5 nitrogen and oxygen atoms in total. The lowest BCUT2D eigenvalue weighted by Crippen LogP contribution is -2.30. The third-order valence-corrected chi connectivity index (χ3v) is 3.24. The summed E-state index contributed by atoms with van der Waals surface area (Å²) in [6.45, 7) is 1.68. The van der Waals surface area contributed by atoms with Gasteiger partial charge in [0.25, 0.3) is 0 Å². The maximum atomic E-state index is 11.5. The van der Waals surface area contributed by atoms with Gasteiger partial charge in [-0.2, -0.15) is 0 Å². The molecule has 98 valence electrons. The Bertz CT molecular complexity index is 436. The molecule has 0 amide bonds. The highest BCUT2D eigenvalue weighted by Crippen LogP contribution is 2.21. The zero-order valence-electron chi connectivity index (χ0n) is 10.4. The van der Waals surface area contributed by atoms with E-state index < -0.39 is 12.0 Å². The first-order chi connectivity index (χ1) is 8.60. The highest BCUT2D eigenvalue weighted by atomic mass is 32.2. The Morgan fingerprint density at radius 3 is 2.50 bits per heavy atom. The molecular weight excluding hydrogens is 254 g/mol. The molecule has 1 aromatic carbocycles. The van der Waals surface area contributed by atoms with Gasteiger partial charge in [0.15, 0.2) is 0 Å². The molecule has 0 saturated heterocycles. The molecule has 0 aliphatic carbocycles. The third kappa shape index (κ3) is 3.75. The van der Waals surface area contributed by atoms with Crippen molar-refractivity contribution in [3.05, 3.63) is 29.8 Å². The molecule has 1 aromatic rings. The number of hydrogen-bond acceptors (Lipinski definition) is 6. The van der Waals surface area contributed by atoms with Gasteiger partial charge >= 0.3 is 11.9 Å². The maximum absolute atomic E-state index is 11.5. The van der Waals surface area contributed by atoms with Crippen molar-refractivity contribution in [2.24, 2.45) is 0 Å². The molecule has 1 unspecified atom stereocenters. The number of carbonyl (C=O) groups is 2. The van der Waals surface area contributed by atoms with Gasteiger partial charge in [0.2, 0.25) is 0 Å². The summed E-state index contributed by atoms with van der Waals surface area (Å²) in [6, 6.07) is 6.53. The molecule has 0 spiro atoms. The lowest BCUT2D eigenvalue weighted by molar-refractivity contribution is -0.142. The van der Waals surface area contributed by atoms with E-state index in [-0.39, 0.29) is 5.97 Å². The minimum atomic E-state index is -0.467. The number of methoxy groups -OCH3 is 2. The number of rotatable bonds is 5. The normalized spacial score (nSPS) is 11.7. The summed E-state index contributed by atoms with van der Waals surface area (Å²) in [7, 11) is 2.65. The average molecular weight is 269 g/mol. The molecule has 0 saturated carbocycles. The highest BCUT2D eigenvalue weighted by Gasteiger charge is 2.15. The second-order valence-electron chi connectivity index (χ2n) is 3.45. The Labute approximate surface area is 110 Å². The number of hydrogen-bond donors (Lipinski definition) is 1. The summed E-state index contributed by atoms with van der Waals surface area (Å²) in [5.74, 6) is -0.774. The Balaban J connectivity index is 2.73. The van der Waals surface area contributed by atoms with Gasteiger partial charge in [-0.15, -0.1) is 0 Å². The van der Waals surface area contributed by atoms with Gasteiger partial charge in [-0.1, -0.05) is 12.1 Å². The van der Waals surface area contributed by atoms with E-state index in [0.29, 0.717) is 10.5 Å². The van der Waals surface area contributed by atoms with Gasteiger partial charge in [0.05, 0.1) is 19.8 Å². The molecule has 0 aliphatic heterocycles. The topological polar surface area (TPSA) is 64.6 Å². The first-order valence-corrected chi connectivity index (χ1v) is 6.09. The van der Waals surface area contributed by atoms with Crippen LogP contribution >= 0.6 is 11.9 Å². The number of carbonyl (C=O) groups excluding carboxylic acids is 2. The molecular formula is C12H15NO4S. The summed E-state index contributed by atoms with van der Waals surface area (Å²) in [4.78, 5) is 23.4. The van der Waals surface area contributed by atoms with Crippen molar-refractivity contribution >= 4 is 23.9 Å². The Hall–Kier alpha value is -1.53. The van der Waals surface area contributed by atoms with Gasteiger partial charge in [0.1, 0.15) is 6.04 Å². The Morgan fingerprint density at radius 2 is 1.89 bits per heavy atom. The predicted molar refractivity (Wildman–Crippen MR) is 68.3 cm³/mol. The van der Waals surface area contributed by atoms with Crippen LogP contribution in [0.2, 0.25) is 0 Å². The molecule has 6 heteroatoms. The SMILES string of the molecule is COC(=O)c1ccccc1SNC(C)C(=O)OC. The second-order valence-corrected chi connectivity index (χ2v) is 4.33. The third-order valence-electron chi connectivity index (χ3n) is 2.19. The molecule has 1 rings (SSSR count). The van der Waals surface area contributed by atoms with E-state index in [1.165, 1.54) is 26.2 Å². The molecule has 0 radical (unpaired) electrons. The Morgan fingerprint density at radius 1 is 1.22 bits per heavy atom. The van der Waals surface area contributed by atoms with Crippen molar-refractivity contribution in [3.63, 3.8) is 0 Å². The average Bonchev–Trinajstić information content (AvgIpc) is 2.43. The second kappa shape index (κ2) is 7.03. The molecule has 0 fully saturated rings. The van der Waals surface area contributed by atoms with Gasteiger partial charge in [-0.25, -0.2) is 9.52 Å². The molecule has 0 aliphatic rings. The molecule has 0 aromatic heterocycles. The van der Waals surface area contributed by atoms with E-state index in [1.807, 2.05) is 0 Å². The molecule has 1 atom stereocenters. The van der Waals surface area contributed by atoms with Gasteiger partial charge in [-0.05, 0) is 31.0 Å². The van der Waals surface area contributed by atoms with Crippen molar-refractivity contribution in [2.45, 2.75) is 17.9 Å². The van der Waals surface area contributed by atoms with E-state index in [1.54, 1.807) is 31.2 Å². The molecule has 0 bridgehead atoms. The fourth-order valence-electron chi connectivity index (χ4n) is 1.21. The van der Waals surface area contributed by atoms with Crippen LogP contribution in [0.5, 0.6) is 0 Å². The van der Waals surface area contributed by atoms with Crippen LogP contribution in [0.1, 0.15) is 17.3 Å². The smallest absolute Gasteiger partial charge is 0.339 e. The van der Waals surface area contributed by atoms with Crippen molar-refractivity contribution in [1.82, 2.24) is 4.72 Å². The summed E-state index contributed by atoms with van der Waals surface area (Å²) in [5, 5.41) is 0. The minimum Gasteiger partial charge on any atom is -0.468 e. The monoisotopic (exact) mass is 269 g/mol. The predicted octanol–water partition coefficient (Wildman–Crippen LogP) is 1.63. The van der Waals surface area contributed by atoms with Crippen LogP contribution in [0.3, 0.4) is 0 Å². The van der Waals surface area contributed by atoms with Crippen LogP contribution in [0.25, 0.3) is 0 Å². The zero-order chi connectivity index (χ0) is 13.5. The van der Waals surface area contributed by atoms with Crippen molar-refractivity contribution in [2.75, 3.05) is 14.2 Å². The first kappa shape index (κ1) is 14.5. The quantitative estimate of drug-likeness (QED) is 0.647. The summed E-state index contributed by atoms with van der Waals surface area (Å²) in [6.07, 6.45) is 0. The van der Waals surface area contributed by atoms with E-state index in [2.05, 4.69) is 14.2 Å². The summed E-state index contributed by atoms with van der Waals surface area (Å²) >= 11 is 1.19. The van der Waals surface area contributed by atoms with Crippen LogP contribution in [-0.4, -0.2) is 32.2 Å². The molecule has 1 N–H and O–H groups in total. The zero-order valence-corrected chi connectivity index (χ0v) is 11.2. The van der Waals surface area contributed by atoms with Crippen molar-refractivity contribution < 1.29 is 19.1 Å². The highest BCUT2D eigenvalue weighted by molar-refractivity contribution is 7.97. The fraction of sp³-hybridized carbons (Fsp3) is 0.333. The molecule has 18 heavy (non-hydrogen) atoms. The number of esters is 2. The van der Waals surface area contributed by atoms with Crippen LogP contribution in [0, 0.1) is 0 Å². The standard InChI is InChI=1S/C12H15NO4S/c1-8(11(14)16-2)13-18-10-7-5-4-6-9(10)12(15)17-3/h4-8,13H,1-3H3. The van der Waals surface area contributed by atoms with E-state index in [9.17, 15) is 9.59 Å². The van der Waals surface area contributed by atoms with E-state index in [4.69, 9.17) is 0 Å². The van der Waals surface area contributed by atoms with E-state index in [0.717, 1.165) is 0 Å². The van der Waals surface area contributed by atoms with Crippen LogP contribution < -0.4 is 4.72 Å². The van der Waals surface area contributed by atoms with Gasteiger partial charge < -0.3 is 9.47 Å².